The molecule has 0 aromatic rings. The van der Waals surface area contributed by atoms with E-state index in [4.69, 9.17) is 0 Å². The predicted molar refractivity (Wildman–Crippen MR) is 91.7 cm³/mol. The van der Waals surface area contributed by atoms with Gasteiger partial charge >= 0.3 is 12.1 Å². The first-order chi connectivity index (χ1) is 11.8. The lowest BCUT2D eigenvalue weighted by molar-refractivity contribution is -0.136. The van der Waals surface area contributed by atoms with Gasteiger partial charge < -0.3 is 10.6 Å². The number of nitrogens with zero attached hydrogens (tertiary/aromatic N) is 1. The molecule has 0 aromatic carbocycles. The SMILES string of the molecule is CC[C@@H](C)NC(=O)NC(=O)CN1C(=O)N[C@@](C)(C2CCCCC2)C1=O. The van der Waals surface area contributed by atoms with Gasteiger partial charge in [0.2, 0.25) is 5.91 Å². The van der Waals surface area contributed by atoms with Crippen molar-refractivity contribution < 1.29 is 19.2 Å². The molecule has 0 aromatic heterocycles. The largest absolute Gasteiger partial charge is 0.335 e. The van der Waals surface area contributed by atoms with E-state index in [0.29, 0.717) is 0 Å². The Balaban J connectivity index is 1.95. The lowest BCUT2D eigenvalue weighted by Crippen LogP contribution is -2.52. The van der Waals surface area contributed by atoms with E-state index in [-0.39, 0.29) is 17.9 Å². The summed E-state index contributed by atoms with van der Waals surface area (Å²) < 4.78 is 0. The Morgan fingerprint density at radius 1 is 1.28 bits per heavy atom. The molecule has 25 heavy (non-hydrogen) atoms. The summed E-state index contributed by atoms with van der Waals surface area (Å²) in [5.74, 6) is -0.987. The van der Waals surface area contributed by atoms with Crippen molar-refractivity contribution in [1.82, 2.24) is 20.9 Å². The Bertz CT molecular complexity index is 559. The van der Waals surface area contributed by atoms with Crippen molar-refractivity contribution >= 4 is 23.9 Å². The molecule has 1 aliphatic heterocycles. The first-order valence-corrected chi connectivity index (χ1v) is 9.02. The molecular formula is C17H28N4O4. The zero-order chi connectivity index (χ0) is 18.6. The summed E-state index contributed by atoms with van der Waals surface area (Å²) in [5.41, 5.74) is -0.962. The van der Waals surface area contributed by atoms with Crippen LogP contribution in [0.1, 0.15) is 59.3 Å². The van der Waals surface area contributed by atoms with Gasteiger partial charge in [0.05, 0.1) is 0 Å². The number of urea groups is 2. The molecule has 2 aliphatic rings. The Labute approximate surface area is 148 Å². The van der Waals surface area contributed by atoms with Crippen LogP contribution in [0, 0.1) is 5.92 Å². The van der Waals surface area contributed by atoms with Gasteiger partial charge in [0.1, 0.15) is 12.1 Å². The summed E-state index contributed by atoms with van der Waals surface area (Å²) in [4.78, 5) is 49.5. The number of imide groups is 2. The Kier molecular flexibility index (Phi) is 6.02. The van der Waals surface area contributed by atoms with Gasteiger partial charge in [-0.1, -0.05) is 26.2 Å². The average molecular weight is 352 g/mol. The Hall–Kier alpha value is -2.12. The van der Waals surface area contributed by atoms with Gasteiger partial charge in [0.25, 0.3) is 5.91 Å². The minimum atomic E-state index is -0.962. The zero-order valence-electron chi connectivity index (χ0n) is 15.2. The second kappa shape index (κ2) is 7.84. The van der Waals surface area contributed by atoms with E-state index in [1.165, 1.54) is 0 Å². The van der Waals surface area contributed by atoms with Crippen LogP contribution in [0.5, 0.6) is 0 Å². The van der Waals surface area contributed by atoms with Crippen molar-refractivity contribution in [1.29, 1.82) is 0 Å². The molecule has 1 heterocycles. The van der Waals surface area contributed by atoms with Crippen LogP contribution in [0.25, 0.3) is 0 Å². The number of carbonyl (C=O) groups excluding carboxylic acids is 4. The predicted octanol–water partition coefficient (Wildman–Crippen LogP) is 1.50. The topological polar surface area (TPSA) is 108 Å². The Morgan fingerprint density at radius 2 is 1.92 bits per heavy atom. The lowest BCUT2D eigenvalue weighted by Gasteiger charge is -2.34. The monoisotopic (exact) mass is 352 g/mol. The van der Waals surface area contributed by atoms with Crippen LogP contribution >= 0.6 is 0 Å². The average Bonchev–Trinajstić information content (AvgIpc) is 2.79. The molecule has 1 saturated carbocycles. The molecule has 2 fully saturated rings. The van der Waals surface area contributed by atoms with Crippen LogP contribution in [0.15, 0.2) is 0 Å². The third-order valence-corrected chi connectivity index (χ3v) is 5.27. The van der Waals surface area contributed by atoms with Gasteiger partial charge in [-0.25, -0.2) is 9.59 Å². The number of rotatable bonds is 5. The summed E-state index contributed by atoms with van der Waals surface area (Å²) in [6.45, 7) is 5.00. The number of hydrogen-bond acceptors (Lipinski definition) is 4. The van der Waals surface area contributed by atoms with Gasteiger partial charge in [-0.3, -0.25) is 19.8 Å². The zero-order valence-corrected chi connectivity index (χ0v) is 15.2. The van der Waals surface area contributed by atoms with Crippen LogP contribution in [0.3, 0.4) is 0 Å². The summed E-state index contributed by atoms with van der Waals surface area (Å²) >= 11 is 0. The van der Waals surface area contributed by atoms with Crippen LogP contribution < -0.4 is 16.0 Å². The van der Waals surface area contributed by atoms with Gasteiger partial charge in [0.15, 0.2) is 0 Å². The molecule has 0 radical (unpaired) electrons. The van der Waals surface area contributed by atoms with E-state index in [1.54, 1.807) is 6.92 Å². The van der Waals surface area contributed by atoms with Gasteiger partial charge in [0, 0.05) is 6.04 Å². The highest BCUT2D eigenvalue weighted by atomic mass is 16.2. The summed E-state index contributed by atoms with van der Waals surface area (Å²) in [5, 5.41) is 7.51. The molecule has 8 nitrogen and oxygen atoms in total. The van der Waals surface area contributed by atoms with Gasteiger partial charge in [-0.15, -0.1) is 0 Å². The highest BCUT2D eigenvalue weighted by Gasteiger charge is 2.52. The molecule has 8 heteroatoms. The Morgan fingerprint density at radius 3 is 2.52 bits per heavy atom. The van der Waals surface area contributed by atoms with Crippen molar-refractivity contribution in [2.45, 2.75) is 70.9 Å². The number of hydrogen-bond donors (Lipinski definition) is 3. The highest BCUT2D eigenvalue weighted by Crippen LogP contribution is 2.36. The van der Waals surface area contributed by atoms with Crippen molar-refractivity contribution in [3.8, 4) is 0 Å². The van der Waals surface area contributed by atoms with Crippen LogP contribution in [-0.4, -0.2) is 46.9 Å². The van der Waals surface area contributed by atoms with Gasteiger partial charge in [-0.05, 0) is 39.0 Å². The van der Waals surface area contributed by atoms with E-state index in [9.17, 15) is 19.2 Å². The van der Waals surface area contributed by atoms with Gasteiger partial charge in [-0.2, -0.15) is 0 Å². The molecule has 3 N–H and O–H groups in total. The first kappa shape index (κ1) is 19.2. The van der Waals surface area contributed by atoms with Crippen molar-refractivity contribution in [2.24, 2.45) is 5.92 Å². The number of nitrogens with one attached hydrogen (secondary N) is 3. The summed E-state index contributed by atoms with van der Waals surface area (Å²) in [6.07, 6.45) is 5.74. The number of carbonyl (C=O) groups is 4. The molecule has 0 unspecified atom stereocenters. The molecule has 1 aliphatic carbocycles. The van der Waals surface area contributed by atoms with E-state index in [2.05, 4.69) is 16.0 Å². The fourth-order valence-electron chi connectivity index (χ4n) is 3.49. The highest BCUT2D eigenvalue weighted by molar-refractivity contribution is 6.10. The molecule has 0 bridgehead atoms. The second-order valence-electron chi connectivity index (χ2n) is 7.19. The fraction of sp³-hybridized carbons (Fsp3) is 0.765. The maximum absolute atomic E-state index is 12.7. The van der Waals surface area contributed by atoms with Crippen molar-refractivity contribution in [3.63, 3.8) is 0 Å². The second-order valence-corrected chi connectivity index (χ2v) is 7.19. The standard InChI is InChI=1S/C17H28N4O4/c1-4-11(2)18-15(24)19-13(22)10-21-14(23)17(3,20-16(21)25)12-8-6-5-7-9-12/h11-12H,4-10H2,1-3H3,(H,20,25)(H2,18,19,22,24)/t11-,17+/m1/s1. The minimum absolute atomic E-state index is 0.0703. The minimum Gasteiger partial charge on any atom is -0.335 e. The van der Waals surface area contributed by atoms with Crippen LogP contribution in [-0.2, 0) is 9.59 Å². The quantitative estimate of drug-likeness (QED) is 0.652. The molecule has 1 saturated heterocycles. The maximum Gasteiger partial charge on any atom is 0.325 e. The summed E-state index contributed by atoms with van der Waals surface area (Å²) in [6, 6.07) is -1.27. The lowest BCUT2D eigenvalue weighted by atomic mass is 9.75. The fourth-order valence-corrected chi connectivity index (χ4v) is 3.49. The molecule has 2 rings (SSSR count). The molecule has 0 spiro atoms. The first-order valence-electron chi connectivity index (χ1n) is 9.02. The third kappa shape index (κ3) is 4.29. The summed E-state index contributed by atoms with van der Waals surface area (Å²) in [7, 11) is 0. The molecule has 140 valence electrons. The molecular weight excluding hydrogens is 324 g/mol. The van der Waals surface area contributed by atoms with Crippen molar-refractivity contribution in [3.05, 3.63) is 0 Å². The van der Waals surface area contributed by atoms with E-state index < -0.39 is 30.1 Å². The van der Waals surface area contributed by atoms with Crippen LogP contribution in [0.2, 0.25) is 0 Å². The van der Waals surface area contributed by atoms with Crippen LogP contribution in [0.4, 0.5) is 9.59 Å². The van der Waals surface area contributed by atoms with E-state index in [0.717, 1.165) is 43.4 Å². The molecule has 6 amide bonds. The maximum atomic E-state index is 12.7. The third-order valence-electron chi connectivity index (χ3n) is 5.27. The molecule has 2 atom stereocenters. The van der Waals surface area contributed by atoms with E-state index in [1.807, 2.05) is 13.8 Å². The number of amides is 6. The smallest absolute Gasteiger partial charge is 0.325 e. The van der Waals surface area contributed by atoms with E-state index >= 15 is 0 Å². The van der Waals surface area contributed by atoms with Crippen molar-refractivity contribution in [2.75, 3.05) is 6.54 Å². The normalized spacial score (nSPS) is 25.5.